The molecule has 0 heterocycles. The molecule has 0 aromatic heterocycles. The van der Waals surface area contributed by atoms with Crippen LogP contribution in [0.2, 0.25) is 0 Å². The van der Waals surface area contributed by atoms with Gasteiger partial charge in [-0.25, -0.2) is 19.1 Å². The molecular formula is C2H8O5P2. The Balaban J connectivity index is 2.60. The normalized spacial score (nSPS) is 10.0. The fourth-order valence-corrected chi connectivity index (χ4v) is 0.269. The summed E-state index contributed by atoms with van der Waals surface area (Å²) in [7, 11) is 3.80. The van der Waals surface area contributed by atoms with E-state index >= 15 is 0 Å². The van der Waals surface area contributed by atoms with Gasteiger partial charge in [-0.15, -0.1) is 0 Å². The summed E-state index contributed by atoms with van der Waals surface area (Å²) in [6, 6.07) is 0. The van der Waals surface area contributed by atoms with Crippen molar-refractivity contribution in [2.24, 2.45) is 0 Å². The summed E-state index contributed by atoms with van der Waals surface area (Å²) in [5.74, 6) is 0. The van der Waals surface area contributed by atoms with Gasteiger partial charge in [0.25, 0.3) is 0 Å². The molecule has 0 bridgehead atoms. The van der Waals surface area contributed by atoms with E-state index in [1.807, 2.05) is 18.9 Å². The lowest BCUT2D eigenvalue weighted by Crippen LogP contribution is -2.00. The monoisotopic (exact) mass is 174 g/mol. The first kappa shape index (κ1) is 9.66. The third-order valence-corrected chi connectivity index (χ3v) is 0.671. The van der Waals surface area contributed by atoms with Crippen molar-refractivity contribution in [3.63, 3.8) is 0 Å². The molecule has 2 atom stereocenters. The molecule has 0 aromatic rings. The highest BCUT2D eigenvalue weighted by molar-refractivity contribution is 7.09. The summed E-state index contributed by atoms with van der Waals surface area (Å²) in [6.07, 6.45) is 0. The second-order valence-electron chi connectivity index (χ2n) is 0.868. The molecule has 0 aromatic carbocycles. The van der Waals surface area contributed by atoms with Gasteiger partial charge < -0.3 is 4.74 Å². The van der Waals surface area contributed by atoms with Crippen LogP contribution in [0.1, 0.15) is 0 Å². The number of hydrogen-bond acceptors (Lipinski definition) is 5. The van der Waals surface area contributed by atoms with Crippen molar-refractivity contribution in [3.05, 3.63) is 0 Å². The average Bonchev–Trinajstić information content (AvgIpc) is 1.89. The minimum absolute atomic E-state index is 0.00245. The number of hydrogen-bond donors (Lipinski definition) is 0. The Morgan fingerprint density at radius 1 is 0.889 bits per heavy atom. The molecule has 7 heteroatoms. The van der Waals surface area contributed by atoms with Crippen molar-refractivity contribution in [3.8, 4) is 0 Å². The van der Waals surface area contributed by atoms with Crippen LogP contribution in [0.25, 0.3) is 0 Å². The molecule has 2 unspecified atom stereocenters. The largest absolute Gasteiger partial charge is 0.323 e. The van der Waals surface area contributed by atoms with Crippen LogP contribution in [-0.2, 0) is 23.9 Å². The summed E-state index contributed by atoms with van der Waals surface area (Å²) in [4.78, 5) is 8.56. The van der Waals surface area contributed by atoms with Crippen LogP contribution in [0.3, 0.4) is 0 Å². The molecule has 0 amide bonds. The standard InChI is InChI=1S/C2H8O5P2/c8-6-4-1-3-2-5-7-9/h1-2,8-9H2. The van der Waals surface area contributed by atoms with Crippen molar-refractivity contribution in [1.82, 2.24) is 0 Å². The predicted octanol–water partition coefficient (Wildman–Crippen LogP) is 0.395. The van der Waals surface area contributed by atoms with E-state index in [2.05, 4.69) is 23.9 Å². The van der Waals surface area contributed by atoms with Gasteiger partial charge >= 0.3 is 0 Å². The molecular weight excluding hydrogens is 166 g/mol. The quantitative estimate of drug-likeness (QED) is 0.192. The van der Waals surface area contributed by atoms with E-state index in [4.69, 9.17) is 0 Å². The second-order valence-corrected chi connectivity index (χ2v) is 1.25. The van der Waals surface area contributed by atoms with Crippen molar-refractivity contribution in [2.45, 2.75) is 0 Å². The summed E-state index contributed by atoms with van der Waals surface area (Å²) in [5.41, 5.74) is 0. The van der Waals surface area contributed by atoms with Gasteiger partial charge in [0.2, 0.25) is 0 Å². The fourth-order valence-electron chi connectivity index (χ4n) is 0.158. The van der Waals surface area contributed by atoms with Crippen molar-refractivity contribution in [2.75, 3.05) is 13.6 Å². The average molecular weight is 174 g/mol. The van der Waals surface area contributed by atoms with Crippen LogP contribution in [0, 0.1) is 0 Å². The Hall–Kier alpha value is 0.660. The Bertz CT molecular complexity index is 46.2. The molecule has 0 aliphatic heterocycles. The molecule has 9 heavy (non-hydrogen) atoms. The summed E-state index contributed by atoms with van der Waals surface area (Å²) < 4.78 is 12.8. The highest BCUT2D eigenvalue weighted by Gasteiger charge is 1.84. The van der Waals surface area contributed by atoms with Crippen LogP contribution in [0.4, 0.5) is 0 Å². The number of rotatable bonds is 6. The lowest BCUT2D eigenvalue weighted by atomic mass is 11.4. The van der Waals surface area contributed by atoms with E-state index in [1.54, 1.807) is 0 Å². The Labute approximate surface area is 57.4 Å². The van der Waals surface area contributed by atoms with E-state index in [9.17, 15) is 0 Å². The molecule has 0 N–H and O–H groups in total. The van der Waals surface area contributed by atoms with E-state index in [0.29, 0.717) is 0 Å². The fraction of sp³-hybridized carbons (Fsp3) is 1.00. The molecule has 0 spiro atoms. The van der Waals surface area contributed by atoms with Gasteiger partial charge in [-0.05, 0) is 0 Å². The Morgan fingerprint density at radius 2 is 1.33 bits per heavy atom. The van der Waals surface area contributed by atoms with Gasteiger partial charge in [-0.2, -0.15) is 0 Å². The van der Waals surface area contributed by atoms with Crippen molar-refractivity contribution in [1.29, 1.82) is 0 Å². The third kappa shape index (κ3) is 8.66. The lowest BCUT2D eigenvalue weighted by Gasteiger charge is -2.00. The van der Waals surface area contributed by atoms with Crippen LogP contribution < -0.4 is 0 Å². The maximum atomic E-state index is 4.59. The predicted molar refractivity (Wildman–Crippen MR) is 34.6 cm³/mol. The molecule has 0 aliphatic carbocycles. The molecule has 5 nitrogen and oxygen atoms in total. The minimum Gasteiger partial charge on any atom is -0.323 e. The lowest BCUT2D eigenvalue weighted by molar-refractivity contribution is -0.315. The molecule has 0 fully saturated rings. The first-order valence-electron chi connectivity index (χ1n) is 1.96. The minimum atomic E-state index is -0.00245. The van der Waals surface area contributed by atoms with Crippen LogP contribution in [0.15, 0.2) is 0 Å². The molecule has 0 saturated heterocycles. The van der Waals surface area contributed by atoms with E-state index in [1.165, 1.54) is 0 Å². The smallest absolute Gasteiger partial charge is 0.184 e. The van der Waals surface area contributed by atoms with Gasteiger partial charge in [0, 0.05) is 18.9 Å². The van der Waals surface area contributed by atoms with Gasteiger partial charge in [0.1, 0.15) is 0 Å². The first-order valence-corrected chi connectivity index (χ1v) is 2.90. The zero-order valence-corrected chi connectivity index (χ0v) is 6.92. The molecule has 0 aliphatic rings. The Morgan fingerprint density at radius 3 is 1.67 bits per heavy atom. The molecule has 0 rings (SSSR count). The van der Waals surface area contributed by atoms with Crippen LogP contribution in [-0.4, -0.2) is 13.6 Å². The van der Waals surface area contributed by atoms with E-state index < -0.39 is 0 Å². The maximum absolute atomic E-state index is 4.59. The van der Waals surface area contributed by atoms with Gasteiger partial charge in [0.15, 0.2) is 13.6 Å². The van der Waals surface area contributed by atoms with Gasteiger partial charge in [-0.3, -0.25) is 0 Å². The van der Waals surface area contributed by atoms with Gasteiger partial charge in [0.05, 0.1) is 0 Å². The van der Waals surface area contributed by atoms with Crippen LogP contribution in [0.5, 0.6) is 0 Å². The highest BCUT2D eigenvalue weighted by Crippen LogP contribution is 1.89. The zero-order chi connectivity index (χ0) is 6.95. The van der Waals surface area contributed by atoms with Crippen molar-refractivity contribution >= 4 is 18.9 Å². The summed E-state index contributed by atoms with van der Waals surface area (Å²) in [5, 5.41) is 0. The SMILES string of the molecule is POOCOCOOP. The molecule has 56 valence electrons. The zero-order valence-electron chi connectivity index (χ0n) is 4.61. The number of ether oxygens (including phenoxy) is 1. The maximum Gasteiger partial charge on any atom is 0.184 e. The summed E-state index contributed by atoms with van der Waals surface area (Å²) >= 11 is 0. The molecule has 0 saturated carbocycles. The molecule has 0 radical (unpaired) electrons. The third-order valence-electron chi connectivity index (χ3n) is 0.399. The van der Waals surface area contributed by atoms with Crippen LogP contribution >= 0.6 is 18.9 Å². The van der Waals surface area contributed by atoms with E-state index in [-0.39, 0.29) is 13.6 Å². The van der Waals surface area contributed by atoms with Gasteiger partial charge in [-0.1, -0.05) is 0 Å². The second kappa shape index (κ2) is 8.66. The first-order chi connectivity index (χ1) is 4.41. The highest BCUT2D eigenvalue weighted by atomic mass is 31.0. The summed E-state index contributed by atoms with van der Waals surface area (Å²) in [6.45, 7) is -0.00491. The Kier molecular flexibility index (Phi) is 9.30. The van der Waals surface area contributed by atoms with Crippen molar-refractivity contribution < 1.29 is 23.9 Å². The van der Waals surface area contributed by atoms with E-state index in [0.717, 1.165) is 0 Å². The topological polar surface area (TPSA) is 46.2 Å².